The molecule has 0 aliphatic rings. The van der Waals surface area contributed by atoms with E-state index in [0.29, 0.717) is 11.4 Å². The summed E-state index contributed by atoms with van der Waals surface area (Å²) in [7, 11) is 0. The number of nitrogens with one attached hydrogen (secondary N) is 1. The minimum absolute atomic E-state index is 0.433. The van der Waals surface area contributed by atoms with Crippen molar-refractivity contribution in [3.8, 4) is 0 Å². The number of anilines is 1. The largest absolute Gasteiger partial charge is 0.407 e. The molecule has 0 bridgehead atoms. The Kier molecular flexibility index (Phi) is 3.43. The lowest BCUT2D eigenvalue weighted by atomic mass is 10.1. The Hall–Kier alpha value is -1.60. The molecular formula is C10H14N3O+. The standard InChI is InChI=1S/C10H14N3O/c1-3-8-4-5-9(13-11)10(6-8)12-7(2)14/h4-7,12,14H,3H2,1-2H3/q+1. The van der Waals surface area contributed by atoms with Crippen molar-refractivity contribution in [3.63, 3.8) is 0 Å². The van der Waals surface area contributed by atoms with Crippen LogP contribution in [0.2, 0.25) is 0 Å². The minimum atomic E-state index is -0.664. The third-order valence-corrected chi connectivity index (χ3v) is 1.94. The van der Waals surface area contributed by atoms with Crippen LogP contribution in [0.5, 0.6) is 0 Å². The van der Waals surface area contributed by atoms with Crippen molar-refractivity contribution in [1.82, 2.24) is 0 Å². The summed E-state index contributed by atoms with van der Waals surface area (Å²) in [4.78, 5) is 3.13. The highest BCUT2D eigenvalue weighted by Gasteiger charge is 2.14. The molecule has 0 heterocycles. The van der Waals surface area contributed by atoms with Crippen LogP contribution in [-0.2, 0) is 6.42 Å². The molecule has 0 aliphatic carbocycles. The van der Waals surface area contributed by atoms with Crippen molar-refractivity contribution < 1.29 is 5.11 Å². The summed E-state index contributed by atoms with van der Waals surface area (Å²) >= 11 is 0. The van der Waals surface area contributed by atoms with Gasteiger partial charge in [-0.3, -0.25) is 0 Å². The molecule has 1 aromatic carbocycles. The molecule has 0 amide bonds. The van der Waals surface area contributed by atoms with Gasteiger partial charge in [-0.25, -0.2) is 0 Å². The van der Waals surface area contributed by atoms with Crippen molar-refractivity contribution in [3.05, 3.63) is 28.7 Å². The van der Waals surface area contributed by atoms with Crippen LogP contribution in [0.3, 0.4) is 0 Å². The maximum Gasteiger partial charge on any atom is 0.407 e. The summed E-state index contributed by atoms with van der Waals surface area (Å²) in [6, 6.07) is 5.47. The zero-order valence-electron chi connectivity index (χ0n) is 8.36. The SMILES string of the molecule is CCc1ccc([N+]#N)c(NC(C)O)c1. The van der Waals surface area contributed by atoms with Gasteiger partial charge in [-0.1, -0.05) is 13.0 Å². The van der Waals surface area contributed by atoms with Crippen LogP contribution in [0.15, 0.2) is 18.2 Å². The third-order valence-electron chi connectivity index (χ3n) is 1.94. The van der Waals surface area contributed by atoms with E-state index in [9.17, 15) is 0 Å². The topological polar surface area (TPSA) is 60.4 Å². The average molecular weight is 192 g/mol. The number of diazo groups is 1. The number of benzene rings is 1. The average Bonchev–Trinajstić information content (AvgIpc) is 2.16. The zero-order valence-corrected chi connectivity index (χ0v) is 8.36. The van der Waals surface area contributed by atoms with Gasteiger partial charge in [0.05, 0.1) is 0 Å². The van der Waals surface area contributed by atoms with Crippen LogP contribution >= 0.6 is 0 Å². The molecule has 0 saturated heterocycles. The summed E-state index contributed by atoms with van der Waals surface area (Å²) in [6.45, 7) is 3.65. The Morgan fingerprint density at radius 3 is 2.79 bits per heavy atom. The predicted molar refractivity (Wildman–Crippen MR) is 55.9 cm³/mol. The third kappa shape index (κ3) is 2.44. The molecule has 4 nitrogen and oxygen atoms in total. The molecule has 0 fully saturated rings. The molecule has 1 rings (SSSR count). The van der Waals surface area contributed by atoms with Gasteiger partial charge in [-0.05, 0) is 25.0 Å². The van der Waals surface area contributed by atoms with Gasteiger partial charge in [-0.2, -0.15) is 0 Å². The molecule has 1 unspecified atom stereocenters. The lowest BCUT2D eigenvalue weighted by molar-refractivity contribution is 0.224. The monoisotopic (exact) mass is 192 g/mol. The van der Waals surface area contributed by atoms with Crippen molar-refractivity contribution in [1.29, 1.82) is 5.39 Å². The number of nitrogens with zero attached hydrogens (tertiary/aromatic N) is 2. The quantitative estimate of drug-likeness (QED) is 0.571. The van der Waals surface area contributed by atoms with Gasteiger partial charge in [0, 0.05) is 6.07 Å². The van der Waals surface area contributed by atoms with Gasteiger partial charge in [0.15, 0.2) is 4.98 Å². The number of aryl methyl sites for hydroxylation is 1. The Balaban J connectivity index is 3.03. The number of aliphatic hydroxyl groups is 1. The Morgan fingerprint density at radius 1 is 1.57 bits per heavy atom. The Labute approximate surface area is 83.2 Å². The molecule has 2 N–H and O–H groups in total. The molecule has 0 aromatic heterocycles. The van der Waals surface area contributed by atoms with Gasteiger partial charge in [0.2, 0.25) is 5.39 Å². The van der Waals surface area contributed by atoms with Crippen LogP contribution in [0.4, 0.5) is 11.4 Å². The summed E-state index contributed by atoms with van der Waals surface area (Å²) in [5.41, 5.74) is 2.20. The van der Waals surface area contributed by atoms with E-state index >= 15 is 0 Å². The Morgan fingerprint density at radius 2 is 2.29 bits per heavy atom. The van der Waals surface area contributed by atoms with E-state index in [4.69, 9.17) is 10.5 Å². The summed E-state index contributed by atoms with van der Waals surface area (Å²) in [6.07, 6.45) is 0.239. The minimum Gasteiger partial charge on any atom is -0.374 e. The number of hydrogen-bond donors (Lipinski definition) is 2. The second-order valence-corrected chi connectivity index (χ2v) is 3.13. The second-order valence-electron chi connectivity index (χ2n) is 3.13. The Bertz CT molecular complexity index is 355. The first-order valence-electron chi connectivity index (χ1n) is 4.60. The van der Waals surface area contributed by atoms with E-state index in [1.807, 2.05) is 19.1 Å². The molecule has 14 heavy (non-hydrogen) atoms. The highest BCUT2D eigenvalue weighted by Crippen LogP contribution is 2.26. The molecule has 0 spiro atoms. The lowest BCUT2D eigenvalue weighted by Crippen LogP contribution is -2.13. The first kappa shape index (κ1) is 10.5. The zero-order chi connectivity index (χ0) is 10.6. The molecule has 1 aromatic rings. The lowest BCUT2D eigenvalue weighted by Gasteiger charge is -2.07. The van der Waals surface area contributed by atoms with E-state index in [2.05, 4.69) is 10.3 Å². The van der Waals surface area contributed by atoms with Crippen molar-refractivity contribution in [2.75, 3.05) is 5.32 Å². The van der Waals surface area contributed by atoms with Gasteiger partial charge in [0.25, 0.3) is 0 Å². The maximum absolute atomic E-state index is 9.15. The van der Waals surface area contributed by atoms with Crippen LogP contribution in [0, 0.1) is 5.39 Å². The first-order chi connectivity index (χ1) is 6.67. The molecule has 74 valence electrons. The summed E-state index contributed by atoms with van der Waals surface area (Å²) < 4.78 is 0. The normalized spacial score (nSPS) is 11.9. The predicted octanol–water partition coefficient (Wildman–Crippen LogP) is 2.48. The molecule has 4 heteroatoms. The molecular weight excluding hydrogens is 178 g/mol. The van der Waals surface area contributed by atoms with Crippen molar-refractivity contribution in [2.45, 2.75) is 26.5 Å². The van der Waals surface area contributed by atoms with Gasteiger partial charge in [0.1, 0.15) is 11.9 Å². The number of rotatable bonds is 3. The van der Waals surface area contributed by atoms with Crippen LogP contribution in [-0.4, -0.2) is 11.3 Å². The first-order valence-corrected chi connectivity index (χ1v) is 4.60. The maximum atomic E-state index is 9.15. The molecule has 1 atom stereocenters. The summed E-state index contributed by atoms with van der Waals surface area (Å²) in [5.74, 6) is 0. The molecule has 0 saturated carbocycles. The molecule has 0 aliphatic heterocycles. The smallest absolute Gasteiger partial charge is 0.374 e. The summed E-state index contributed by atoms with van der Waals surface area (Å²) in [5, 5.41) is 20.7. The van der Waals surface area contributed by atoms with Crippen molar-refractivity contribution >= 4 is 11.4 Å². The fourth-order valence-corrected chi connectivity index (χ4v) is 1.23. The van der Waals surface area contributed by atoms with Gasteiger partial charge < -0.3 is 10.4 Å². The van der Waals surface area contributed by atoms with Crippen LogP contribution in [0.1, 0.15) is 19.4 Å². The number of aliphatic hydroxyl groups excluding tert-OH is 1. The van der Waals surface area contributed by atoms with Gasteiger partial charge >= 0.3 is 5.69 Å². The van der Waals surface area contributed by atoms with Crippen LogP contribution < -0.4 is 5.32 Å². The van der Waals surface area contributed by atoms with E-state index in [-0.39, 0.29) is 0 Å². The highest BCUT2D eigenvalue weighted by atomic mass is 16.3. The number of hydrogen-bond acceptors (Lipinski definition) is 3. The fourth-order valence-electron chi connectivity index (χ4n) is 1.23. The van der Waals surface area contributed by atoms with Crippen molar-refractivity contribution in [2.24, 2.45) is 0 Å². The van der Waals surface area contributed by atoms with E-state index in [1.165, 1.54) is 0 Å². The fraction of sp³-hybridized carbons (Fsp3) is 0.400. The second kappa shape index (κ2) is 4.58. The highest BCUT2D eigenvalue weighted by molar-refractivity contribution is 5.70. The van der Waals surface area contributed by atoms with E-state index in [1.54, 1.807) is 13.0 Å². The van der Waals surface area contributed by atoms with E-state index < -0.39 is 6.23 Å². The van der Waals surface area contributed by atoms with Gasteiger partial charge in [-0.15, -0.1) is 0 Å². The van der Waals surface area contributed by atoms with Crippen LogP contribution in [0.25, 0.3) is 4.98 Å². The molecule has 0 radical (unpaired) electrons. The van der Waals surface area contributed by atoms with E-state index in [0.717, 1.165) is 12.0 Å².